The highest BCUT2D eigenvalue weighted by Gasteiger charge is 2.41. The molecule has 2 saturated carbocycles. The Balaban J connectivity index is 1.59. The lowest BCUT2D eigenvalue weighted by Crippen LogP contribution is -2.61. The SMILES string of the molecule is CC(C)(C)C1CN(CCC2CC2)C(C2CC2)CN1. The third-order valence-corrected chi connectivity index (χ3v) is 5.19. The smallest absolute Gasteiger partial charge is 0.0249 e. The third-order valence-electron chi connectivity index (χ3n) is 5.19. The molecule has 0 aromatic heterocycles. The van der Waals surface area contributed by atoms with Crippen LogP contribution in [0.25, 0.3) is 0 Å². The molecule has 0 aromatic carbocycles. The van der Waals surface area contributed by atoms with E-state index in [-0.39, 0.29) is 0 Å². The van der Waals surface area contributed by atoms with Gasteiger partial charge in [0.2, 0.25) is 0 Å². The maximum absolute atomic E-state index is 3.82. The summed E-state index contributed by atoms with van der Waals surface area (Å²) in [7, 11) is 0. The van der Waals surface area contributed by atoms with E-state index in [1.807, 2.05) is 0 Å². The van der Waals surface area contributed by atoms with Crippen LogP contribution in [0.1, 0.15) is 52.9 Å². The number of hydrogen-bond acceptors (Lipinski definition) is 2. The molecule has 1 aliphatic heterocycles. The lowest BCUT2D eigenvalue weighted by atomic mass is 9.84. The fourth-order valence-electron chi connectivity index (χ4n) is 3.36. The van der Waals surface area contributed by atoms with Crippen LogP contribution < -0.4 is 5.32 Å². The molecular formula is C16H30N2. The van der Waals surface area contributed by atoms with Gasteiger partial charge in [-0.1, -0.05) is 33.6 Å². The first kappa shape index (κ1) is 12.9. The Labute approximate surface area is 113 Å². The molecule has 1 N–H and O–H groups in total. The molecule has 0 amide bonds. The summed E-state index contributed by atoms with van der Waals surface area (Å²) in [4.78, 5) is 2.84. The predicted molar refractivity (Wildman–Crippen MR) is 76.7 cm³/mol. The van der Waals surface area contributed by atoms with Crippen molar-refractivity contribution >= 4 is 0 Å². The molecule has 104 valence electrons. The average molecular weight is 250 g/mol. The Hall–Kier alpha value is -0.0800. The van der Waals surface area contributed by atoms with E-state index in [1.54, 1.807) is 0 Å². The van der Waals surface area contributed by atoms with Crippen molar-refractivity contribution in [3.63, 3.8) is 0 Å². The first-order chi connectivity index (χ1) is 8.54. The van der Waals surface area contributed by atoms with Crippen molar-refractivity contribution in [2.45, 2.75) is 65.0 Å². The molecule has 2 aliphatic carbocycles. The highest BCUT2D eigenvalue weighted by Crippen LogP contribution is 2.39. The van der Waals surface area contributed by atoms with Crippen LogP contribution in [0.5, 0.6) is 0 Å². The Bertz CT molecular complexity index is 286. The molecule has 3 fully saturated rings. The fraction of sp³-hybridized carbons (Fsp3) is 1.00. The van der Waals surface area contributed by atoms with Crippen molar-refractivity contribution < 1.29 is 0 Å². The Morgan fingerprint density at radius 3 is 2.39 bits per heavy atom. The Morgan fingerprint density at radius 1 is 1.11 bits per heavy atom. The van der Waals surface area contributed by atoms with Crippen molar-refractivity contribution in [3.8, 4) is 0 Å². The van der Waals surface area contributed by atoms with E-state index in [9.17, 15) is 0 Å². The van der Waals surface area contributed by atoms with Crippen LogP contribution in [-0.2, 0) is 0 Å². The number of hydrogen-bond donors (Lipinski definition) is 1. The van der Waals surface area contributed by atoms with Crippen molar-refractivity contribution in [2.75, 3.05) is 19.6 Å². The van der Waals surface area contributed by atoms with E-state index in [0.717, 1.165) is 17.9 Å². The maximum Gasteiger partial charge on any atom is 0.0249 e. The summed E-state index contributed by atoms with van der Waals surface area (Å²) >= 11 is 0. The monoisotopic (exact) mass is 250 g/mol. The second-order valence-electron chi connectivity index (χ2n) is 7.96. The summed E-state index contributed by atoms with van der Waals surface area (Å²) in [5, 5.41) is 3.82. The normalized spacial score (nSPS) is 34.8. The summed E-state index contributed by atoms with van der Waals surface area (Å²) in [6, 6.07) is 1.52. The van der Waals surface area contributed by atoms with E-state index in [0.29, 0.717) is 11.5 Å². The Kier molecular flexibility index (Phi) is 3.44. The zero-order valence-corrected chi connectivity index (χ0v) is 12.4. The highest BCUT2D eigenvalue weighted by molar-refractivity contribution is 4.98. The molecule has 2 atom stereocenters. The minimum Gasteiger partial charge on any atom is -0.311 e. The van der Waals surface area contributed by atoms with Crippen LogP contribution in [0.4, 0.5) is 0 Å². The van der Waals surface area contributed by atoms with Gasteiger partial charge in [0.15, 0.2) is 0 Å². The molecule has 3 aliphatic rings. The molecule has 3 rings (SSSR count). The van der Waals surface area contributed by atoms with Gasteiger partial charge in [-0.2, -0.15) is 0 Å². The van der Waals surface area contributed by atoms with Crippen molar-refractivity contribution in [2.24, 2.45) is 17.3 Å². The van der Waals surface area contributed by atoms with E-state index < -0.39 is 0 Å². The van der Waals surface area contributed by atoms with Crippen LogP contribution >= 0.6 is 0 Å². The molecule has 2 nitrogen and oxygen atoms in total. The van der Waals surface area contributed by atoms with Crippen LogP contribution in [0.3, 0.4) is 0 Å². The molecule has 1 heterocycles. The molecular weight excluding hydrogens is 220 g/mol. The highest BCUT2D eigenvalue weighted by atomic mass is 15.2. The maximum atomic E-state index is 3.82. The molecule has 0 bridgehead atoms. The van der Waals surface area contributed by atoms with Gasteiger partial charge in [0.1, 0.15) is 0 Å². The van der Waals surface area contributed by atoms with Crippen molar-refractivity contribution in [1.29, 1.82) is 0 Å². The molecule has 1 saturated heterocycles. The zero-order valence-electron chi connectivity index (χ0n) is 12.4. The fourth-order valence-corrected chi connectivity index (χ4v) is 3.36. The summed E-state index contributed by atoms with van der Waals surface area (Å²) in [6.45, 7) is 11.0. The molecule has 2 heteroatoms. The van der Waals surface area contributed by atoms with Gasteiger partial charge < -0.3 is 5.32 Å². The first-order valence-corrected chi connectivity index (χ1v) is 8.01. The average Bonchev–Trinajstić information content (AvgIpc) is 3.16. The lowest BCUT2D eigenvalue weighted by Gasteiger charge is -2.45. The van der Waals surface area contributed by atoms with Gasteiger partial charge in [-0.3, -0.25) is 4.90 Å². The summed E-state index contributed by atoms with van der Waals surface area (Å²) < 4.78 is 0. The first-order valence-electron chi connectivity index (χ1n) is 8.01. The Morgan fingerprint density at radius 2 is 1.83 bits per heavy atom. The minimum atomic E-state index is 0.395. The largest absolute Gasteiger partial charge is 0.311 e. The third kappa shape index (κ3) is 3.08. The van der Waals surface area contributed by atoms with Gasteiger partial charge in [0.25, 0.3) is 0 Å². The van der Waals surface area contributed by atoms with Gasteiger partial charge in [-0.25, -0.2) is 0 Å². The molecule has 0 aromatic rings. The zero-order chi connectivity index (χ0) is 12.8. The van der Waals surface area contributed by atoms with Crippen molar-refractivity contribution in [3.05, 3.63) is 0 Å². The second-order valence-corrected chi connectivity index (χ2v) is 7.96. The predicted octanol–water partition coefficient (Wildman–Crippen LogP) is 2.89. The molecule has 0 radical (unpaired) electrons. The van der Waals surface area contributed by atoms with E-state index in [1.165, 1.54) is 51.7 Å². The number of piperazine rings is 1. The second kappa shape index (κ2) is 4.79. The summed E-state index contributed by atoms with van der Waals surface area (Å²) in [5.41, 5.74) is 0.395. The minimum absolute atomic E-state index is 0.395. The number of nitrogens with one attached hydrogen (secondary N) is 1. The van der Waals surface area contributed by atoms with Gasteiger partial charge in [0.05, 0.1) is 0 Å². The summed E-state index contributed by atoms with van der Waals surface area (Å²) in [5.74, 6) is 2.09. The van der Waals surface area contributed by atoms with Gasteiger partial charge in [0, 0.05) is 25.2 Å². The molecule has 0 spiro atoms. The van der Waals surface area contributed by atoms with Gasteiger partial charge in [-0.15, -0.1) is 0 Å². The number of nitrogens with zero attached hydrogens (tertiary/aromatic N) is 1. The van der Waals surface area contributed by atoms with Crippen LogP contribution in [0.15, 0.2) is 0 Å². The van der Waals surface area contributed by atoms with E-state index >= 15 is 0 Å². The topological polar surface area (TPSA) is 15.3 Å². The van der Waals surface area contributed by atoms with E-state index in [2.05, 4.69) is 31.0 Å². The molecule has 18 heavy (non-hydrogen) atoms. The standard InChI is InChI=1S/C16H30N2/c1-16(2,3)15-11-18(9-8-12-4-5-12)14(10-17-15)13-6-7-13/h12-15,17H,4-11H2,1-3H3. The molecule has 2 unspecified atom stereocenters. The summed E-state index contributed by atoms with van der Waals surface area (Å²) in [6.07, 6.45) is 7.42. The van der Waals surface area contributed by atoms with Crippen LogP contribution in [0.2, 0.25) is 0 Å². The van der Waals surface area contributed by atoms with Crippen LogP contribution in [0, 0.1) is 17.3 Å². The van der Waals surface area contributed by atoms with E-state index in [4.69, 9.17) is 0 Å². The van der Waals surface area contributed by atoms with Crippen LogP contribution in [-0.4, -0.2) is 36.6 Å². The van der Waals surface area contributed by atoms with Crippen molar-refractivity contribution in [1.82, 2.24) is 10.2 Å². The number of rotatable bonds is 4. The quantitative estimate of drug-likeness (QED) is 0.825. The lowest BCUT2D eigenvalue weighted by molar-refractivity contribution is 0.0728. The van der Waals surface area contributed by atoms with Gasteiger partial charge in [-0.05, 0) is 43.1 Å². The van der Waals surface area contributed by atoms with Gasteiger partial charge >= 0.3 is 0 Å².